The molecule has 8 heteroatoms. The molecule has 0 aromatic carbocycles. The molecule has 0 radical (unpaired) electrons. The molecule has 23 heavy (non-hydrogen) atoms. The first-order valence-corrected chi connectivity index (χ1v) is 8.56. The van der Waals surface area contributed by atoms with Gasteiger partial charge in [-0.1, -0.05) is 57.8 Å². The van der Waals surface area contributed by atoms with Gasteiger partial charge in [0.05, 0.1) is 0 Å². The molecule has 0 unspecified atom stereocenters. The van der Waals surface area contributed by atoms with Crippen LogP contribution in [0.4, 0.5) is 4.79 Å². The summed E-state index contributed by atoms with van der Waals surface area (Å²) in [5.41, 5.74) is 9.66. The minimum Gasteiger partial charge on any atom is -0.481 e. The van der Waals surface area contributed by atoms with E-state index < -0.39 is 12.1 Å². The van der Waals surface area contributed by atoms with Crippen LogP contribution < -0.4 is 21.9 Å². The van der Waals surface area contributed by atoms with Crippen LogP contribution in [-0.4, -0.2) is 28.8 Å². The number of hydrogen-bond donors (Lipinski definition) is 6. The molecule has 0 saturated heterocycles. The number of hydrogen-bond acceptors (Lipinski definition) is 5. The third kappa shape index (κ3) is 20.6. The molecule has 6 N–H and O–H groups in total. The van der Waals surface area contributed by atoms with E-state index in [2.05, 4.69) is 16.5 Å². The van der Waals surface area contributed by atoms with E-state index in [-0.39, 0.29) is 0 Å². The number of nitrogens with one attached hydrogen (secondary N) is 4. The monoisotopic (exact) mass is 332 g/mol. The van der Waals surface area contributed by atoms with Crippen LogP contribution in [0.1, 0.15) is 77.0 Å². The highest BCUT2D eigenvalue weighted by atomic mass is 16.4. The Labute approximate surface area is 138 Å². The van der Waals surface area contributed by atoms with Gasteiger partial charge in [0, 0.05) is 13.0 Å². The first-order chi connectivity index (χ1) is 11.1. The first kappa shape index (κ1) is 21.6. The molecule has 0 heterocycles. The number of rotatable bonds is 17. The second-order valence-corrected chi connectivity index (χ2v) is 5.64. The second-order valence-electron chi connectivity index (χ2n) is 5.64. The Balaban J connectivity index is 3.00. The van der Waals surface area contributed by atoms with Gasteiger partial charge in [0.15, 0.2) is 0 Å². The summed E-state index contributed by atoms with van der Waals surface area (Å²) in [5, 5.41) is 16.8. The van der Waals surface area contributed by atoms with Crippen molar-refractivity contribution in [1.29, 1.82) is 0 Å². The van der Waals surface area contributed by atoms with Gasteiger partial charge >= 0.3 is 12.1 Å². The van der Waals surface area contributed by atoms with Gasteiger partial charge < -0.3 is 10.2 Å². The number of carboxylic acids is 1. The van der Waals surface area contributed by atoms with Gasteiger partial charge in [-0.3, -0.25) is 4.79 Å². The molecule has 0 aromatic rings. The van der Waals surface area contributed by atoms with E-state index in [1.54, 1.807) is 0 Å². The van der Waals surface area contributed by atoms with Crippen LogP contribution in [0.3, 0.4) is 0 Å². The molecular weight excluding hydrogens is 300 g/mol. The topological polar surface area (TPSA) is 123 Å². The van der Waals surface area contributed by atoms with Crippen molar-refractivity contribution in [2.75, 3.05) is 6.54 Å². The molecule has 0 spiro atoms. The predicted octanol–water partition coefficient (Wildman–Crippen LogP) is 2.53. The van der Waals surface area contributed by atoms with Crippen molar-refractivity contribution < 1.29 is 19.8 Å². The lowest BCUT2D eigenvalue weighted by atomic mass is 10.1. The van der Waals surface area contributed by atoms with Crippen molar-refractivity contribution in [3.8, 4) is 0 Å². The summed E-state index contributed by atoms with van der Waals surface area (Å²) >= 11 is 0. The third-order valence-electron chi connectivity index (χ3n) is 3.51. The molecule has 0 saturated carbocycles. The molecule has 0 aliphatic carbocycles. The first-order valence-electron chi connectivity index (χ1n) is 8.56. The maximum Gasteiger partial charge on any atom is 0.420 e. The van der Waals surface area contributed by atoms with Gasteiger partial charge in [0.25, 0.3) is 0 Å². The maximum absolute atomic E-state index is 10.3. The zero-order chi connectivity index (χ0) is 17.2. The Morgan fingerprint density at radius 2 is 1.13 bits per heavy atom. The summed E-state index contributed by atoms with van der Waals surface area (Å²) < 4.78 is 0. The highest BCUT2D eigenvalue weighted by molar-refractivity contribution is 5.66. The van der Waals surface area contributed by atoms with Crippen LogP contribution in [-0.2, 0) is 4.79 Å². The normalized spacial score (nSPS) is 10.6. The van der Waals surface area contributed by atoms with Crippen LogP contribution in [0.15, 0.2) is 0 Å². The van der Waals surface area contributed by atoms with E-state index in [9.17, 15) is 9.59 Å². The zero-order valence-corrected chi connectivity index (χ0v) is 13.9. The van der Waals surface area contributed by atoms with Crippen molar-refractivity contribution in [2.45, 2.75) is 77.0 Å². The lowest BCUT2D eigenvalue weighted by Gasteiger charge is -2.07. The molecule has 0 aliphatic rings. The Hall–Kier alpha value is -1.38. The summed E-state index contributed by atoms with van der Waals surface area (Å²) in [6.45, 7) is 0.782. The van der Waals surface area contributed by atoms with Crippen LogP contribution in [0, 0.1) is 0 Å². The SMILES string of the molecule is O=C(O)CCCCCCCCCCCCCNNNNC(=O)O. The number of unbranched alkanes of at least 4 members (excludes halogenated alkanes) is 10. The molecule has 0 rings (SSSR count). The number of carbonyl (C=O) groups is 2. The molecule has 0 fully saturated rings. The average molecular weight is 332 g/mol. The average Bonchev–Trinajstić information content (AvgIpc) is 2.49. The Bertz CT molecular complexity index is 275. The van der Waals surface area contributed by atoms with E-state index in [1.807, 2.05) is 5.43 Å². The van der Waals surface area contributed by atoms with Crippen LogP contribution >= 0.6 is 0 Å². The number of hydrazine groups is 3. The highest BCUT2D eigenvalue weighted by Gasteiger charge is 1.97. The zero-order valence-electron chi connectivity index (χ0n) is 13.9. The fraction of sp³-hybridized carbons (Fsp3) is 0.867. The molecular formula is C15H32N4O4. The van der Waals surface area contributed by atoms with E-state index in [0.29, 0.717) is 6.42 Å². The van der Waals surface area contributed by atoms with Gasteiger partial charge in [-0.15, -0.1) is 0 Å². The summed E-state index contributed by atoms with van der Waals surface area (Å²) in [4.78, 5) is 20.4. The van der Waals surface area contributed by atoms with Crippen molar-refractivity contribution in [3.05, 3.63) is 0 Å². The smallest absolute Gasteiger partial charge is 0.420 e. The summed E-state index contributed by atoms with van der Waals surface area (Å²) in [6, 6.07) is 0. The Kier molecular flexibility index (Phi) is 16.0. The van der Waals surface area contributed by atoms with Crippen LogP contribution in [0.2, 0.25) is 0 Å². The lowest BCUT2D eigenvalue weighted by molar-refractivity contribution is -0.137. The molecule has 0 aliphatic heterocycles. The van der Waals surface area contributed by atoms with E-state index in [1.165, 1.54) is 38.5 Å². The standard InChI is InChI=1S/C15H32N4O4/c20-14(21)12-10-8-6-4-2-1-3-5-7-9-11-13-16-18-19-17-15(22)23/h16-19H,1-13H2,(H,20,21)(H,22,23). The van der Waals surface area contributed by atoms with E-state index >= 15 is 0 Å². The summed E-state index contributed by atoms with van der Waals surface area (Å²) in [6.07, 6.45) is 11.8. The Morgan fingerprint density at radius 1 is 0.652 bits per heavy atom. The van der Waals surface area contributed by atoms with Crippen LogP contribution in [0.25, 0.3) is 0 Å². The molecule has 136 valence electrons. The van der Waals surface area contributed by atoms with Crippen molar-refractivity contribution in [2.24, 2.45) is 0 Å². The quantitative estimate of drug-likeness (QED) is 0.179. The minimum absolute atomic E-state index is 0.302. The largest absolute Gasteiger partial charge is 0.481 e. The second kappa shape index (κ2) is 17.0. The van der Waals surface area contributed by atoms with E-state index in [0.717, 1.165) is 38.6 Å². The molecule has 0 bridgehead atoms. The fourth-order valence-electron chi connectivity index (χ4n) is 2.27. The van der Waals surface area contributed by atoms with E-state index in [4.69, 9.17) is 10.2 Å². The number of aliphatic carboxylic acids is 1. The highest BCUT2D eigenvalue weighted by Crippen LogP contribution is 2.11. The molecule has 0 atom stereocenters. The number of carboxylic acid groups (broad SMARTS) is 2. The van der Waals surface area contributed by atoms with Gasteiger partial charge in [-0.25, -0.2) is 15.6 Å². The van der Waals surface area contributed by atoms with Crippen molar-refractivity contribution in [1.82, 2.24) is 21.9 Å². The van der Waals surface area contributed by atoms with Gasteiger partial charge in [0.2, 0.25) is 0 Å². The van der Waals surface area contributed by atoms with Gasteiger partial charge in [0.1, 0.15) is 0 Å². The minimum atomic E-state index is -1.14. The summed E-state index contributed by atoms with van der Waals surface area (Å²) in [5.74, 6) is -0.691. The molecule has 1 amide bonds. The van der Waals surface area contributed by atoms with Gasteiger partial charge in [-0.2, -0.15) is 11.1 Å². The molecule has 0 aromatic heterocycles. The third-order valence-corrected chi connectivity index (χ3v) is 3.51. The van der Waals surface area contributed by atoms with Crippen molar-refractivity contribution >= 4 is 12.1 Å². The fourth-order valence-corrected chi connectivity index (χ4v) is 2.27. The molecule has 8 nitrogen and oxygen atoms in total. The maximum atomic E-state index is 10.3. The predicted molar refractivity (Wildman–Crippen MR) is 88.5 cm³/mol. The van der Waals surface area contributed by atoms with Crippen LogP contribution in [0.5, 0.6) is 0 Å². The van der Waals surface area contributed by atoms with Gasteiger partial charge in [-0.05, 0) is 12.8 Å². The Morgan fingerprint density at radius 3 is 1.61 bits per heavy atom. The summed E-state index contributed by atoms with van der Waals surface area (Å²) in [7, 11) is 0. The lowest BCUT2D eigenvalue weighted by Crippen LogP contribution is -2.52. The van der Waals surface area contributed by atoms with Crippen molar-refractivity contribution in [3.63, 3.8) is 0 Å². The number of amides is 1.